The van der Waals surface area contributed by atoms with E-state index < -0.39 is 0 Å². The van der Waals surface area contributed by atoms with Gasteiger partial charge >= 0.3 is 0 Å². The number of nitrogens with zero attached hydrogens (tertiary/aromatic N) is 2. The van der Waals surface area contributed by atoms with Crippen LogP contribution in [0.5, 0.6) is 0 Å². The Hall–Kier alpha value is -1.22. The fraction of sp³-hybridized carbons (Fsp3) is 0.500. The monoisotopic (exact) mass is 205 g/mol. The lowest BCUT2D eigenvalue weighted by Crippen LogP contribution is -2.22. The van der Waals surface area contributed by atoms with Crippen molar-refractivity contribution in [1.29, 1.82) is 0 Å². The molecular formula is C12H19N3. The summed E-state index contributed by atoms with van der Waals surface area (Å²) in [5, 5.41) is 3.41. The van der Waals surface area contributed by atoms with Gasteiger partial charge in [-0.2, -0.15) is 0 Å². The maximum atomic E-state index is 4.32. The van der Waals surface area contributed by atoms with Crippen molar-refractivity contribution >= 4 is 0 Å². The van der Waals surface area contributed by atoms with Crippen molar-refractivity contribution in [3.05, 3.63) is 36.4 Å². The van der Waals surface area contributed by atoms with Crippen LogP contribution in [0.4, 0.5) is 0 Å². The first-order valence-electron chi connectivity index (χ1n) is 5.37. The van der Waals surface area contributed by atoms with Gasteiger partial charge in [-0.25, -0.2) is 0 Å². The zero-order valence-electron chi connectivity index (χ0n) is 9.53. The summed E-state index contributed by atoms with van der Waals surface area (Å²) < 4.78 is 0. The summed E-state index contributed by atoms with van der Waals surface area (Å²) in [4.78, 5) is 8.41. The molecule has 0 aliphatic carbocycles. The largest absolute Gasteiger partial charge is 0.309 e. The van der Waals surface area contributed by atoms with Crippen LogP contribution in [0.15, 0.2) is 30.7 Å². The molecule has 0 fully saturated rings. The second kappa shape index (κ2) is 6.30. The van der Waals surface area contributed by atoms with E-state index in [0.717, 1.165) is 25.1 Å². The molecular weight excluding hydrogens is 186 g/mol. The molecule has 1 aromatic heterocycles. The Labute approximate surface area is 91.7 Å². The van der Waals surface area contributed by atoms with Gasteiger partial charge in [-0.05, 0) is 26.3 Å². The van der Waals surface area contributed by atoms with E-state index in [1.165, 1.54) is 5.57 Å². The molecule has 82 valence electrons. The quantitative estimate of drug-likeness (QED) is 0.725. The summed E-state index contributed by atoms with van der Waals surface area (Å²) in [5.41, 5.74) is 2.22. The Balaban J connectivity index is 2.61. The summed E-state index contributed by atoms with van der Waals surface area (Å²) in [6.45, 7) is 9.02. The molecule has 3 nitrogen and oxygen atoms in total. The summed E-state index contributed by atoms with van der Waals surface area (Å²) in [7, 11) is 0. The second-order valence-corrected chi connectivity index (χ2v) is 3.74. The Morgan fingerprint density at radius 3 is 2.87 bits per heavy atom. The predicted molar refractivity (Wildman–Crippen MR) is 62.5 cm³/mol. The highest BCUT2D eigenvalue weighted by Crippen LogP contribution is 2.17. The Morgan fingerprint density at radius 1 is 1.53 bits per heavy atom. The van der Waals surface area contributed by atoms with E-state index in [-0.39, 0.29) is 0 Å². The van der Waals surface area contributed by atoms with Gasteiger partial charge < -0.3 is 5.32 Å². The van der Waals surface area contributed by atoms with Gasteiger partial charge in [0.05, 0.1) is 11.7 Å². The molecule has 0 amide bonds. The standard InChI is InChI=1S/C12H19N3/c1-4-14-11(6-5-10(2)3)12-9-13-7-8-15-12/h7-9,11,14H,2,4-6H2,1,3H3. The lowest BCUT2D eigenvalue weighted by atomic mass is 10.1. The maximum Gasteiger partial charge on any atom is 0.0756 e. The number of hydrogen-bond acceptors (Lipinski definition) is 3. The third-order valence-corrected chi connectivity index (χ3v) is 2.25. The Kier molecular flexibility index (Phi) is 4.98. The first-order chi connectivity index (χ1) is 7.24. The topological polar surface area (TPSA) is 37.8 Å². The van der Waals surface area contributed by atoms with Gasteiger partial charge in [-0.1, -0.05) is 12.5 Å². The molecule has 0 spiro atoms. The van der Waals surface area contributed by atoms with Crippen LogP contribution < -0.4 is 5.32 Å². The van der Waals surface area contributed by atoms with Gasteiger partial charge in [0.1, 0.15) is 0 Å². The maximum absolute atomic E-state index is 4.32. The minimum atomic E-state index is 0.292. The van der Waals surface area contributed by atoms with Crippen LogP contribution in [0.2, 0.25) is 0 Å². The van der Waals surface area contributed by atoms with Crippen molar-refractivity contribution in [3.63, 3.8) is 0 Å². The molecule has 1 N–H and O–H groups in total. The minimum Gasteiger partial charge on any atom is -0.309 e. The highest BCUT2D eigenvalue weighted by atomic mass is 14.9. The van der Waals surface area contributed by atoms with Gasteiger partial charge in [-0.15, -0.1) is 6.58 Å². The predicted octanol–water partition coefficient (Wildman–Crippen LogP) is 2.48. The van der Waals surface area contributed by atoms with Crippen LogP contribution >= 0.6 is 0 Å². The molecule has 1 heterocycles. The van der Waals surface area contributed by atoms with E-state index >= 15 is 0 Å². The van der Waals surface area contributed by atoms with Gasteiger partial charge in [0.2, 0.25) is 0 Å². The number of nitrogens with one attached hydrogen (secondary N) is 1. The third kappa shape index (κ3) is 4.21. The zero-order valence-corrected chi connectivity index (χ0v) is 9.53. The molecule has 0 aliphatic rings. The number of allylic oxidation sites excluding steroid dienone is 1. The molecule has 1 unspecified atom stereocenters. The van der Waals surface area contributed by atoms with Crippen LogP contribution in [0.3, 0.4) is 0 Å². The van der Waals surface area contributed by atoms with E-state index in [2.05, 4.69) is 35.7 Å². The van der Waals surface area contributed by atoms with Crippen LogP contribution in [0.25, 0.3) is 0 Å². The normalized spacial score (nSPS) is 12.4. The molecule has 3 heteroatoms. The van der Waals surface area contributed by atoms with Crippen LogP contribution in [0.1, 0.15) is 38.4 Å². The van der Waals surface area contributed by atoms with Gasteiger partial charge in [0, 0.05) is 18.6 Å². The molecule has 1 atom stereocenters. The van der Waals surface area contributed by atoms with Crippen LogP contribution in [-0.4, -0.2) is 16.5 Å². The SMILES string of the molecule is C=C(C)CCC(NCC)c1cnccn1. The average molecular weight is 205 g/mol. The molecule has 0 radical (unpaired) electrons. The molecule has 0 saturated carbocycles. The van der Waals surface area contributed by atoms with E-state index in [9.17, 15) is 0 Å². The first kappa shape index (κ1) is 11.9. The van der Waals surface area contributed by atoms with Crippen molar-refractivity contribution in [3.8, 4) is 0 Å². The molecule has 0 saturated heterocycles. The van der Waals surface area contributed by atoms with E-state index in [0.29, 0.717) is 6.04 Å². The number of rotatable bonds is 6. The van der Waals surface area contributed by atoms with Crippen molar-refractivity contribution in [1.82, 2.24) is 15.3 Å². The summed E-state index contributed by atoms with van der Waals surface area (Å²) in [6.07, 6.45) is 7.31. The van der Waals surface area contributed by atoms with Crippen molar-refractivity contribution in [2.75, 3.05) is 6.54 Å². The van der Waals surface area contributed by atoms with Crippen LogP contribution in [0, 0.1) is 0 Å². The van der Waals surface area contributed by atoms with Crippen molar-refractivity contribution in [2.24, 2.45) is 0 Å². The summed E-state index contributed by atoms with van der Waals surface area (Å²) in [5.74, 6) is 0. The molecule has 0 bridgehead atoms. The molecule has 1 aromatic rings. The minimum absolute atomic E-state index is 0.292. The van der Waals surface area contributed by atoms with Gasteiger partial charge in [-0.3, -0.25) is 9.97 Å². The molecule has 15 heavy (non-hydrogen) atoms. The smallest absolute Gasteiger partial charge is 0.0756 e. The van der Waals surface area contributed by atoms with Crippen molar-refractivity contribution in [2.45, 2.75) is 32.7 Å². The van der Waals surface area contributed by atoms with Crippen LogP contribution in [-0.2, 0) is 0 Å². The van der Waals surface area contributed by atoms with E-state index in [1.807, 2.05) is 6.20 Å². The average Bonchev–Trinajstić information content (AvgIpc) is 2.25. The zero-order chi connectivity index (χ0) is 11.1. The second-order valence-electron chi connectivity index (χ2n) is 3.74. The highest BCUT2D eigenvalue weighted by molar-refractivity contribution is 5.03. The lowest BCUT2D eigenvalue weighted by Gasteiger charge is -2.16. The van der Waals surface area contributed by atoms with Crippen molar-refractivity contribution < 1.29 is 0 Å². The lowest BCUT2D eigenvalue weighted by molar-refractivity contribution is 0.501. The van der Waals surface area contributed by atoms with Gasteiger partial charge in [0.15, 0.2) is 0 Å². The Morgan fingerprint density at radius 2 is 2.33 bits per heavy atom. The molecule has 1 rings (SSSR count). The molecule has 0 aliphatic heterocycles. The van der Waals surface area contributed by atoms with Gasteiger partial charge in [0.25, 0.3) is 0 Å². The molecule has 0 aromatic carbocycles. The van der Waals surface area contributed by atoms with E-state index in [4.69, 9.17) is 0 Å². The fourth-order valence-corrected chi connectivity index (χ4v) is 1.48. The first-order valence-corrected chi connectivity index (χ1v) is 5.37. The summed E-state index contributed by atoms with van der Waals surface area (Å²) in [6, 6.07) is 0.292. The fourth-order valence-electron chi connectivity index (χ4n) is 1.48. The third-order valence-electron chi connectivity index (χ3n) is 2.25. The number of hydrogen-bond donors (Lipinski definition) is 1. The van der Waals surface area contributed by atoms with E-state index in [1.54, 1.807) is 12.4 Å². The highest BCUT2D eigenvalue weighted by Gasteiger charge is 2.10. The Bertz CT molecular complexity index is 295. The number of aromatic nitrogens is 2. The summed E-state index contributed by atoms with van der Waals surface area (Å²) >= 11 is 0.